The van der Waals surface area contributed by atoms with E-state index in [9.17, 15) is 14.4 Å². The summed E-state index contributed by atoms with van der Waals surface area (Å²) in [6, 6.07) is 13.5. The van der Waals surface area contributed by atoms with Crippen molar-refractivity contribution in [2.24, 2.45) is 23.7 Å². The van der Waals surface area contributed by atoms with Gasteiger partial charge in [0.15, 0.2) is 5.75 Å². The molecule has 2 amide bonds. The van der Waals surface area contributed by atoms with E-state index >= 15 is 0 Å². The SMILES string of the molecule is COc1ccccc1C(=O)Oc1ccccc1N1C(=O)[C@@H]2[C@@H]3CC[C@@H](C3)[C@@H]2C1=O. The summed E-state index contributed by atoms with van der Waals surface area (Å²) in [5.41, 5.74) is 0.610. The Bertz CT molecular complexity index is 988. The summed E-state index contributed by atoms with van der Waals surface area (Å²) in [6.07, 6.45) is 3.01. The molecule has 1 heterocycles. The molecule has 3 fully saturated rings. The molecule has 0 N–H and O–H groups in total. The fourth-order valence-corrected chi connectivity index (χ4v) is 5.34. The predicted molar refractivity (Wildman–Crippen MR) is 105 cm³/mol. The highest BCUT2D eigenvalue weighted by Crippen LogP contribution is 2.57. The number of anilines is 1. The first kappa shape index (κ1) is 17.9. The summed E-state index contributed by atoms with van der Waals surface area (Å²) in [5.74, 6) is -0.176. The number of fused-ring (bicyclic) bond motifs is 5. The predicted octanol–water partition coefficient (Wildman–Crippen LogP) is 3.45. The number of hydrogen-bond donors (Lipinski definition) is 0. The molecule has 0 radical (unpaired) electrons. The lowest BCUT2D eigenvalue weighted by Crippen LogP contribution is -2.33. The Morgan fingerprint density at radius 1 is 0.897 bits per heavy atom. The largest absolute Gasteiger partial charge is 0.496 e. The second-order valence-corrected chi connectivity index (χ2v) is 7.95. The van der Waals surface area contributed by atoms with E-state index < -0.39 is 5.97 Å². The van der Waals surface area contributed by atoms with Crippen molar-refractivity contribution in [2.75, 3.05) is 12.0 Å². The van der Waals surface area contributed by atoms with Crippen LogP contribution >= 0.6 is 0 Å². The number of ether oxygens (including phenoxy) is 2. The number of methoxy groups -OCH3 is 1. The molecular weight excluding hydrogens is 370 g/mol. The maximum Gasteiger partial charge on any atom is 0.347 e. The van der Waals surface area contributed by atoms with Crippen molar-refractivity contribution in [3.05, 3.63) is 54.1 Å². The average Bonchev–Trinajstić information content (AvgIpc) is 3.42. The van der Waals surface area contributed by atoms with Crippen LogP contribution in [0.1, 0.15) is 29.6 Å². The van der Waals surface area contributed by atoms with Crippen molar-refractivity contribution in [1.82, 2.24) is 0 Å². The highest BCUT2D eigenvalue weighted by atomic mass is 16.5. The van der Waals surface area contributed by atoms with Gasteiger partial charge >= 0.3 is 5.97 Å². The van der Waals surface area contributed by atoms with Crippen LogP contribution in [0.4, 0.5) is 5.69 Å². The molecule has 6 nitrogen and oxygen atoms in total. The lowest BCUT2D eigenvalue weighted by Gasteiger charge is -2.20. The first-order valence-electron chi connectivity index (χ1n) is 9.92. The zero-order valence-corrected chi connectivity index (χ0v) is 16.0. The molecule has 0 unspecified atom stereocenters. The minimum atomic E-state index is -0.603. The summed E-state index contributed by atoms with van der Waals surface area (Å²) < 4.78 is 10.8. The quantitative estimate of drug-likeness (QED) is 0.453. The van der Waals surface area contributed by atoms with E-state index in [4.69, 9.17) is 9.47 Å². The van der Waals surface area contributed by atoms with Gasteiger partial charge in [-0.25, -0.2) is 9.69 Å². The van der Waals surface area contributed by atoms with E-state index in [-0.39, 0.29) is 35.0 Å². The first-order chi connectivity index (χ1) is 14.1. The van der Waals surface area contributed by atoms with Crippen molar-refractivity contribution < 1.29 is 23.9 Å². The number of imide groups is 1. The van der Waals surface area contributed by atoms with Gasteiger partial charge in [-0.1, -0.05) is 24.3 Å². The molecular formula is C23H21NO5. The number of hydrogen-bond acceptors (Lipinski definition) is 5. The van der Waals surface area contributed by atoms with Gasteiger partial charge in [-0.05, 0) is 55.4 Å². The molecule has 2 saturated carbocycles. The number of rotatable bonds is 4. The van der Waals surface area contributed by atoms with Gasteiger partial charge in [0.2, 0.25) is 11.8 Å². The summed E-state index contributed by atoms with van der Waals surface area (Å²) in [7, 11) is 1.48. The molecule has 2 aromatic carbocycles. The molecule has 6 heteroatoms. The van der Waals surface area contributed by atoms with Gasteiger partial charge in [-0.15, -0.1) is 0 Å². The van der Waals surface area contributed by atoms with Crippen LogP contribution in [-0.4, -0.2) is 24.9 Å². The summed E-state index contributed by atoms with van der Waals surface area (Å²) in [6.45, 7) is 0. The molecule has 0 spiro atoms. The number of carbonyl (C=O) groups excluding carboxylic acids is 3. The third-order valence-corrected chi connectivity index (χ3v) is 6.56. The van der Waals surface area contributed by atoms with Crippen LogP contribution in [0.15, 0.2) is 48.5 Å². The third-order valence-electron chi connectivity index (χ3n) is 6.56. The molecule has 148 valence electrons. The van der Waals surface area contributed by atoms with Crippen LogP contribution in [0.3, 0.4) is 0 Å². The Morgan fingerprint density at radius 2 is 1.48 bits per heavy atom. The smallest absolute Gasteiger partial charge is 0.347 e. The van der Waals surface area contributed by atoms with Gasteiger partial charge in [-0.3, -0.25) is 9.59 Å². The number of benzene rings is 2. The van der Waals surface area contributed by atoms with E-state index in [0.717, 1.165) is 19.3 Å². The number of amides is 2. The van der Waals surface area contributed by atoms with Crippen molar-refractivity contribution in [2.45, 2.75) is 19.3 Å². The van der Waals surface area contributed by atoms with Crippen LogP contribution in [0, 0.1) is 23.7 Å². The molecule has 1 saturated heterocycles. The number of para-hydroxylation sites is 3. The van der Waals surface area contributed by atoms with Gasteiger partial charge < -0.3 is 9.47 Å². The van der Waals surface area contributed by atoms with Crippen molar-refractivity contribution in [3.63, 3.8) is 0 Å². The topological polar surface area (TPSA) is 72.9 Å². The molecule has 2 aromatic rings. The van der Waals surface area contributed by atoms with Gasteiger partial charge in [-0.2, -0.15) is 0 Å². The summed E-state index contributed by atoms with van der Waals surface area (Å²) in [5, 5.41) is 0. The molecule has 5 rings (SSSR count). The number of carbonyl (C=O) groups is 3. The van der Waals surface area contributed by atoms with E-state index in [1.807, 2.05) is 0 Å². The van der Waals surface area contributed by atoms with E-state index in [2.05, 4.69) is 0 Å². The van der Waals surface area contributed by atoms with E-state index in [1.54, 1.807) is 48.5 Å². The van der Waals surface area contributed by atoms with E-state index in [1.165, 1.54) is 12.0 Å². The second-order valence-electron chi connectivity index (χ2n) is 7.95. The fourth-order valence-electron chi connectivity index (χ4n) is 5.34. The minimum Gasteiger partial charge on any atom is -0.496 e. The number of nitrogens with zero attached hydrogens (tertiary/aromatic N) is 1. The first-order valence-corrected chi connectivity index (χ1v) is 9.92. The Hall–Kier alpha value is -3.15. The highest BCUT2D eigenvalue weighted by molar-refractivity contribution is 6.23. The Morgan fingerprint density at radius 3 is 2.14 bits per heavy atom. The van der Waals surface area contributed by atoms with Gasteiger partial charge in [0.25, 0.3) is 0 Å². The van der Waals surface area contributed by atoms with Crippen molar-refractivity contribution in [3.8, 4) is 11.5 Å². The van der Waals surface area contributed by atoms with Crippen LogP contribution in [-0.2, 0) is 9.59 Å². The lowest BCUT2D eigenvalue weighted by molar-refractivity contribution is -0.123. The maximum absolute atomic E-state index is 13.1. The summed E-state index contributed by atoms with van der Waals surface area (Å²) in [4.78, 5) is 40.3. The Labute approximate surface area is 168 Å². The van der Waals surface area contributed by atoms with Crippen LogP contribution in [0.2, 0.25) is 0 Å². The molecule has 29 heavy (non-hydrogen) atoms. The molecule has 0 aromatic heterocycles. The standard InChI is InChI=1S/C23H21NO5/c1-28-17-8-4-2-6-15(17)23(27)29-18-9-5-3-7-16(18)24-21(25)19-13-10-11-14(12-13)20(19)22(24)26/h2-9,13-14,19-20H,10-12H2,1H3/t13-,14+,19-,20+. The minimum absolute atomic E-state index is 0.159. The third kappa shape index (κ3) is 2.66. The molecule has 4 atom stereocenters. The monoisotopic (exact) mass is 391 g/mol. The Kier molecular flexibility index (Phi) is 4.15. The lowest BCUT2D eigenvalue weighted by atomic mass is 9.81. The molecule has 3 aliphatic rings. The second kappa shape index (κ2) is 6.72. The van der Waals surface area contributed by atoms with Crippen LogP contribution < -0.4 is 14.4 Å². The Balaban J connectivity index is 1.47. The van der Waals surface area contributed by atoms with Crippen molar-refractivity contribution >= 4 is 23.5 Å². The van der Waals surface area contributed by atoms with Gasteiger partial charge in [0.05, 0.1) is 24.6 Å². The fraction of sp³-hybridized carbons (Fsp3) is 0.348. The maximum atomic E-state index is 13.1. The normalized spacial score (nSPS) is 27.3. The van der Waals surface area contributed by atoms with E-state index in [0.29, 0.717) is 23.3 Å². The van der Waals surface area contributed by atoms with Crippen LogP contribution in [0.25, 0.3) is 0 Å². The zero-order chi connectivity index (χ0) is 20.1. The van der Waals surface area contributed by atoms with Gasteiger partial charge in [0.1, 0.15) is 11.3 Å². The zero-order valence-electron chi connectivity index (χ0n) is 16.0. The summed E-state index contributed by atoms with van der Waals surface area (Å²) >= 11 is 0. The molecule has 2 aliphatic carbocycles. The molecule has 2 bridgehead atoms. The van der Waals surface area contributed by atoms with Crippen molar-refractivity contribution in [1.29, 1.82) is 0 Å². The molecule has 1 aliphatic heterocycles. The van der Waals surface area contributed by atoms with Gasteiger partial charge in [0, 0.05) is 0 Å². The average molecular weight is 391 g/mol. The van der Waals surface area contributed by atoms with Crippen LogP contribution in [0.5, 0.6) is 11.5 Å². The number of esters is 1. The highest BCUT2D eigenvalue weighted by Gasteiger charge is 2.61.